The van der Waals surface area contributed by atoms with E-state index in [1.165, 1.54) is 58.5 Å². The minimum absolute atomic E-state index is 0.0337. The number of rotatable bonds is 16. The molecule has 2 aromatic rings. The van der Waals surface area contributed by atoms with Gasteiger partial charge in [0.05, 0.1) is 19.3 Å². The van der Waals surface area contributed by atoms with Crippen molar-refractivity contribution in [2.45, 2.75) is 77.7 Å². The molecule has 2 aromatic carbocycles. The normalized spacial score (nSPS) is 10.6. The number of amides is 2. The molecule has 0 unspecified atom stereocenters. The van der Waals surface area contributed by atoms with Crippen LogP contribution in [-0.4, -0.2) is 36.5 Å². The third-order valence-corrected chi connectivity index (χ3v) is 6.18. The van der Waals surface area contributed by atoms with Crippen LogP contribution in [0.15, 0.2) is 48.5 Å². The zero-order valence-electron chi connectivity index (χ0n) is 21.6. The predicted octanol–water partition coefficient (Wildman–Crippen LogP) is 5.96. The van der Waals surface area contributed by atoms with E-state index in [1.54, 1.807) is 48.5 Å². The highest BCUT2D eigenvalue weighted by molar-refractivity contribution is 6.37. The first kappa shape index (κ1) is 28.9. The first-order valence-electron chi connectivity index (χ1n) is 13.0. The Kier molecular flexibility index (Phi) is 13.1. The zero-order valence-corrected chi connectivity index (χ0v) is 21.6. The molecule has 0 saturated carbocycles. The summed E-state index contributed by atoms with van der Waals surface area (Å²) in [5.41, 5.74) is 1.59. The molecule has 0 saturated heterocycles. The molecule has 0 aliphatic rings. The molecule has 0 aliphatic carbocycles. The van der Waals surface area contributed by atoms with Gasteiger partial charge in [-0.15, -0.1) is 0 Å². The van der Waals surface area contributed by atoms with Gasteiger partial charge in [-0.2, -0.15) is 0 Å². The molecule has 0 aliphatic heterocycles. The summed E-state index contributed by atoms with van der Waals surface area (Å²) in [6, 6.07) is 13.6. The number of carboxylic acids is 1. The fourth-order valence-corrected chi connectivity index (χ4v) is 4.10. The van der Waals surface area contributed by atoms with E-state index in [2.05, 4.69) is 12.2 Å². The molecule has 0 heterocycles. The number of ether oxygens (including phenoxy) is 1. The number of carboxylic acid groups (broad SMARTS) is 1. The van der Waals surface area contributed by atoms with E-state index in [1.807, 2.05) is 0 Å². The number of nitrogens with zero attached hydrogens (tertiary/aromatic N) is 1. The molecule has 0 bridgehead atoms. The Bertz CT molecular complexity index is 958. The van der Waals surface area contributed by atoms with E-state index in [9.17, 15) is 19.5 Å². The second-order valence-corrected chi connectivity index (χ2v) is 9.00. The van der Waals surface area contributed by atoms with Crippen LogP contribution in [0, 0.1) is 0 Å². The summed E-state index contributed by atoms with van der Waals surface area (Å²) in [5, 5.41) is 12.3. The van der Waals surface area contributed by atoms with Gasteiger partial charge >= 0.3 is 11.9 Å². The average molecular weight is 497 g/mol. The van der Waals surface area contributed by atoms with Crippen molar-refractivity contribution in [2.75, 3.05) is 18.6 Å². The van der Waals surface area contributed by atoms with Crippen LogP contribution in [0.3, 0.4) is 0 Å². The van der Waals surface area contributed by atoms with Crippen molar-refractivity contribution < 1.29 is 24.2 Å². The van der Waals surface area contributed by atoms with Crippen molar-refractivity contribution in [3.8, 4) is 5.75 Å². The van der Waals surface area contributed by atoms with Crippen molar-refractivity contribution in [2.24, 2.45) is 0 Å². The number of benzene rings is 2. The van der Waals surface area contributed by atoms with Gasteiger partial charge in [0, 0.05) is 12.1 Å². The third kappa shape index (κ3) is 9.72. The molecule has 7 nitrogen and oxygen atoms in total. The third-order valence-electron chi connectivity index (χ3n) is 6.18. The number of methoxy groups -OCH3 is 1. The van der Waals surface area contributed by atoms with Crippen LogP contribution in [0.1, 0.15) is 87.1 Å². The number of carbonyl (C=O) groups is 3. The minimum atomic E-state index is -1.55. The number of anilines is 1. The lowest BCUT2D eigenvalue weighted by molar-refractivity contribution is -0.148. The van der Waals surface area contributed by atoms with Gasteiger partial charge in [0.1, 0.15) is 5.75 Å². The summed E-state index contributed by atoms with van der Waals surface area (Å²) < 4.78 is 5.30. The van der Waals surface area contributed by atoms with Crippen LogP contribution in [0.2, 0.25) is 0 Å². The van der Waals surface area contributed by atoms with E-state index in [4.69, 9.17) is 4.74 Å². The van der Waals surface area contributed by atoms with Crippen LogP contribution in [0.5, 0.6) is 5.75 Å². The zero-order chi connectivity index (χ0) is 26.2. The highest BCUT2D eigenvalue weighted by Gasteiger charge is 2.25. The number of carbonyl (C=O) groups excluding carboxylic acids is 2. The van der Waals surface area contributed by atoms with Crippen LogP contribution in [-0.2, 0) is 16.1 Å². The Morgan fingerprint density at radius 2 is 1.42 bits per heavy atom. The summed E-state index contributed by atoms with van der Waals surface area (Å²) in [6.45, 7) is 2.91. The molecule has 0 aromatic heterocycles. The highest BCUT2D eigenvalue weighted by Crippen LogP contribution is 2.29. The Labute approximate surface area is 214 Å². The molecule has 0 radical (unpaired) electrons. The second-order valence-electron chi connectivity index (χ2n) is 9.00. The van der Waals surface area contributed by atoms with Gasteiger partial charge in [0.15, 0.2) is 0 Å². The summed E-state index contributed by atoms with van der Waals surface area (Å²) in [4.78, 5) is 37.4. The Balaban J connectivity index is 1.81. The van der Waals surface area contributed by atoms with Gasteiger partial charge in [-0.1, -0.05) is 89.0 Å². The molecule has 2 amide bonds. The monoisotopic (exact) mass is 496 g/mol. The maximum Gasteiger partial charge on any atom is 0.394 e. The molecule has 2 N–H and O–H groups in total. The molecule has 36 heavy (non-hydrogen) atoms. The maximum absolute atomic E-state index is 12.5. The van der Waals surface area contributed by atoms with Crippen molar-refractivity contribution in [3.05, 3.63) is 59.7 Å². The summed E-state index contributed by atoms with van der Waals surface area (Å²) in [6.07, 6.45) is 12.5. The number of nitrogens with one attached hydrogen (secondary N) is 1. The van der Waals surface area contributed by atoms with Crippen molar-refractivity contribution in [1.82, 2.24) is 5.32 Å². The van der Waals surface area contributed by atoms with Gasteiger partial charge in [0.2, 0.25) is 0 Å². The molecule has 0 atom stereocenters. The number of hydrogen-bond acceptors (Lipinski definition) is 4. The predicted molar refractivity (Wildman–Crippen MR) is 142 cm³/mol. The molecule has 0 spiro atoms. The lowest BCUT2D eigenvalue weighted by Gasteiger charge is -2.23. The Morgan fingerprint density at radius 1 is 0.833 bits per heavy atom. The van der Waals surface area contributed by atoms with E-state index in [0.29, 0.717) is 29.1 Å². The maximum atomic E-state index is 12.5. The lowest BCUT2D eigenvalue weighted by atomic mass is 10.1. The Morgan fingerprint density at radius 3 is 2.00 bits per heavy atom. The van der Waals surface area contributed by atoms with Crippen LogP contribution < -0.4 is 15.0 Å². The fraction of sp³-hybridized carbons (Fsp3) is 0.483. The van der Waals surface area contributed by atoms with Gasteiger partial charge in [-0.3, -0.25) is 14.5 Å². The van der Waals surface area contributed by atoms with E-state index < -0.39 is 11.9 Å². The molecule has 0 fully saturated rings. The molecular weight excluding hydrogens is 456 g/mol. The minimum Gasteiger partial charge on any atom is -0.495 e. The van der Waals surface area contributed by atoms with E-state index in [-0.39, 0.29) is 12.5 Å². The van der Waals surface area contributed by atoms with Gasteiger partial charge < -0.3 is 15.2 Å². The van der Waals surface area contributed by atoms with Gasteiger partial charge in [-0.25, -0.2) is 4.79 Å². The number of hydrogen-bond donors (Lipinski definition) is 2. The van der Waals surface area contributed by atoms with E-state index in [0.717, 1.165) is 17.7 Å². The molecular formula is C29H40N2O5. The topological polar surface area (TPSA) is 95.9 Å². The number of para-hydroxylation sites is 2. The Hall–Kier alpha value is -3.35. The standard InChI is InChI=1S/C29H40N2O5/c1-3-4-5-6-7-8-9-10-11-14-21-30-27(32)24-19-17-23(18-20-24)22-31(28(33)29(34)35)25-15-12-13-16-26(25)36-2/h12-13,15-20H,3-11,14,21-22H2,1-2H3,(H,30,32)(H,34,35). The van der Waals surface area contributed by atoms with Crippen LogP contribution in [0.25, 0.3) is 0 Å². The summed E-state index contributed by atoms with van der Waals surface area (Å²) in [5.74, 6) is -2.35. The van der Waals surface area contributed by atoms with Gasteiger partial charge in [0.25, 0.3) is 5.91 Å². The SMILES string of the molecule is CCCCCCCCCCCCNC(=O)c1ccc(CN(C(=O)C(=O)O)c2ccccc2OC)cc1. The van der Waals surface area contributed by atoms with Crippen LogP contribution in [0.4, 0.5) is 5.69 Å². The number of aliphatic carboxylic acids is 1. The van der Waals surface area contributed by atoms with Crippen molar-refractivity contribution in [3.63, 3.8) is 0 Å². The lowest BCUT2D eigenvalue weighted by Crippen LogP contribution is -2.36. The highest BCUT2D eigenvalue weighted by atomic mass is 16.5. The smallest absolute Gasteiger partial charge is 0.394 e. The van der Waals surface area contributed by atoms with Crippen molar-refractivity contribution in [1.29, 1.82) is 0 Å². The molecule has 7 heteroatoms. The number of unbranched alkanes of at least 4 members (excludes halogenated alkanes) is 9. The molecule has 2 rings (SSSR count). The first-order valence-corrected chi connectivity index (χ1v) is 13.0. The molecule has 196 valence electrons. The first-order chi connectivity index (χ1) is 17.5. The summed E-state index contributed by atoms with van der Waals surface area (Å²) >= 11 is 0. The summed E-state index contributed by atoms with van der Waals surface area (Å²) in [7, 11) is 1.46. The quantitative estimate of drug-likeness (QED) is 0.221. The second kappa shape index (κ2) is 16.3. The van der Waals surface area contributed by atoms with Crippen LogP contribution >= 0.6 is 0 Å². The largest absolute Gasteiger partial charge is 0.495 e. The van der Waals surface area contributed by atoms with E-state index >= 15 is 0 Å². The fourth-order valence-electron chi connectivity index (χ4n) is 4.10. The average Bonchev–Trinajstić information content (AvgIpc) is 2.90. The van der Waals surface area contributed by atoms with Crippen molar-refractivity contribution >= 4 is 23.5 Å². The van der Waals surface area contributed by atoms with Gasteiger partial charge in [-0.05, 0) is 36.2 Å².